The fourth-order valence-electron chi connectivity index (χ4n) is 4.13. The molecule has 0 spiro atoms. The SMILES string of the molecule is CC(C(=O)Nc1ccc([C@H]2CC[C@H](C(=O)NC(C)(C)C(=O)O)CC2)cc1)c1ccccc1. The first-order chi connectivity index (χ1) is 15.2. The zero-order valence-electron chi connectivity index (χ0n) is 18.9. The van der Waals surface area contributed by atoms with Crippen molar-refractivity contribution in [1.29, 1.82) is 0 Å². The number of amides is 2. The topological polar surface area (TPSA) is 95.5 Å². The van der Waals surface area contributed by atoms with Crippen LogP contribution in [0.5, 0.6) is 0 Å². The molecule has 1 aliphatic rings. The number of aliphatic carboxylic acids is 1. The van der Waals surface area contributed by atoms with E-state index in [1.54, 1.807) is 0 Å². The molecule has 0 bridgehead atoms. The van der Waals surface area contributed by atoms with Gasteiger partial charge in [-0.2, -0.15) is 0 Å². The maximum Gasteiger partial charge on any atom is 0.328 e. The third-order valence-corrected chi connectivity index (χ3v) is 6.41. The number of anilines is 1. The van der Waals surface area contributed by atoms with E-state index in [9.17, 15) is 19.5 Å². The van der Waals surface area contributed by atoms with Gasteiger partial charge in [0.1, 0.15) is 5.54 Å². The summed E-state index contributed by atoms with van der Waals surface area (Å²) in [5.41, 5.74) is 1.69. The van der Waals surface area contributed by atoms with Crippen molar-refractivity contribution in [3.8, 4) is 0 Å². The van der Waals surface area contributed by atoms with E-state index in [2.05, 4.69) is 10.6 Å². The molecule has 2 aromatic rings. The summed E-state index contributed by atoms with van der Waals surface area (Å²) in [5.74, 6) is -1.28. The summed E-state index contributed by atoms with van der Waals surface area (Å²) in [6, 6.07) is 17.6. The van der Waals surface area contributed by atoms with E-state index in [1.165, 1.54) is 19.4 Å². The maximum absolute atomic E-state index is 12.6. The van der Waals surface area contributed by atoms with Crippen LogP contribution in [0.3, 0.4) is 0 Å². The standard InChI is InChI=1S/C26H32N2O4/c1-17(18-7-5-4-6-8-18)23(29)27-22-15-13-20(14-16-22)19-9-11-21(12-10-19)24(30)28-26(2,3)25(31)32/h4-8,13-17,19,21H,9-12H2,1-3H3,(H,27,29)(H,28,30)(H,31,32)/t17?,19-,21-. The fourth-order valence-corrected chi connectivity index (χ4v) is 4.13. The number of benzene rings is 2. The third-order valence-electron chi connectivity index (χ3n) is 6.41. The minimum absolute atomic E-state index is 0.0419. The Labute approximate surface area is 189 Å². The molecule has 0 radical (unpaired) electrons. The fraction of sp³-hybridized carbons (Fsp3) is 0.423. The van der Waals surface area contributed by atoms with Gasteiger partial charge in [0.25, 0.3) is 0 Å². The molecule has 32 heavy (non-hydrogen) atoms. The number of carboxylic acid groups (broad SMARTS) is 1. The van der Waals surface area contributed by atoms with E-state index in [-0.39, 0.29) is 23.7 Å². The highest BCUT2D eigenvalue weighted by Gasteiger charge is 2.33. The van der Waals surface area contributed by atoms with Gasteiger partial charge in [-0.15, -0.1) is 0 Å². The summed E-state index contributed by atoms with van der Waals surface area (Å²) < 4.78 is 0. The lowest BCUT2D eigenvalue weighted by molar-refractivity contribution is -0.146. The molecule has 1 unspecified atom stereocenters. The summed E-state index contributed by atoms with van der Waals surface area (Å²) in [6.07, 6.45) is 3.23. The van der Waals surface area contributed by atoms with Crippen LogP contribution < -0.4 is 10.6 Å². The van der Waals surface area contributed by atoms with E-state index in [0.29, 0.717) is 5.92 Å². The highest BCUT2D eigenvalue weighted by Crippen LogP contribution is 2.36. The lowest BCUT2D eigenvalue weighted by Gasteiger charge is -2.30. The van der Waals surface area contributed by atoms with Gasteiger partial charge in [0, 0.05) is 11.6 Å². The van der Waals surface area contributed by atoms with Crippen molar-refractivity contribution in [2.75, 3.05) is 5.32 Å². The monoisotopic (exact) mass is 436 g/mol. The van der Waals surface area contributed by atoms with Crippen LogP contribution in [-0.2, 0) is 14.4 Å². The molecule has 1 aliphatic carbocycles. The van der Waals surface area contributed by atoms with E-state index in [1.807, 2.05) is 61.5 Å². The van der Waals surface area contributed by atoms with E-state index in [4.69, 9.17) is 0 Å². The Bertz CT molecular complexity index is 946. The minimum Gasteiger partial charge on any atom is -0.480 e. The molecule has 2 amide bonds. The predicted molar refractivity (Wildman–Crippen MR) is 124 cm³/mol. The zero-order chi connectivity index (χ0) is 23.3. The lowest BCUT2D eigenvalue weighted by Crippen LogP contribution is -2.51. The molecule has 6 nitrogen and oxygen atoms in total. The van der Waals surface area contributed by atoms with Crippen molar-refractivity contribution < 1.29 is 19.5 Å². The number of hydrogen-bond donors (Lipinski definition) is 3. The molecule has 0 aromatic heterocycles. The minimum atomic E-state index is -1.26. The van der Waals surface area contributed by atoms with Gasteiger partial charge in [-0.3, -0.25) is 9.59 Å². The van der Waals surface area contributed by atoms with E-state index < -0.39 is 11.5 Å². The maximum atomic E-state index is 12.6. The van der Waals surface area contributed by atoms with Gasteiger partial charge in [-0.05, 0) is 75.6 Å². The lowest BCUT2D eigenvalue weighted by atomic mass is 9.78. The van der Waals surface area contributed by atoms with E-state index >= 15 is 0 Å². The van der Waals surface area contributed by atoms with Gasteiger partial charge < -0.3 is 15.7 Å². The molecule has 6 heteroatoms. The molecule has 3 N–H and O–H groups in total. The first-order valence-corrected chi connectivity index (χ1v) is 11.2. The molecule has 3 rings (SSSR count). The zero-order valence-corrected chi connectivity index (χ0v) is 18.9. The molecule has 0 heterocycles. The number of hydrogen-bond acceptors (Lipinski definition) is 3. The van der Waals surface area contributed by atoms with Crippen molar-refractivity contribution in [1.82, 2.24) is 5.32 Å². The Morgan fingerprint density at radius 3 is 2.09 bits per heavy atom. The summed E-state index contributed by atoms with van der Waals surface area (Å²) in [5, 5.41) is 14.8. The van der Waals surface area contributed by atoms with Crippen LogP contribution in [-0.4, -0.2) is 28.4 Å². The average molecular weight is 437 g/mol. The second-order valence-corrected chi connectivity index (χ2v) is 9.21. The van der Waals surface area contributed by atoms with Crippen molar-refractivity contribution in [3.05, 3.63) is 65.7 Å². The van der Waals surface area contributed by atoms with Gasteiger partial charge >= 0.3 is 5.97 Å². The Kier molecular flexibility index (Phi) is 7.33. The van der Waals surface area contributed by atoms with Crippen LogP contribution in [0.4, 0.5) is 5.69 Å². The highest BCUT2D eigenvalue weighted by atomic mass is 16.4. The third kappa shape index (κ3) is 5.75. The first kappa shape index (κ1) is 23.5. The molecule has 1 saturated carbocycles. The van der Waals surface area contributed by atoms with Gasteiger partial charge in [0.15, 0.2) is 0 Å². The van der Waals surface area contributed by atoms with E-state index in [0.717, 1.165) is 36.9 Å². The Morgan fingerprint density at radius 1 is 0.938 bits per heavy atom. The molecule has 1 fully saturated rings. The average Bonchev–Trinajstić information content (AvgIpc) is 2.79. The molecular formula is C26H32N2O4. The summed E-state index contributed by atoms with van der Waals surface area (Å²) in [4.78, 5) is 36.2. The van der Waals surface area contributed by atoms with Gasteiger partial charge in [0.05, 0.1) is 5.92 Å². The molecule has 0 aliphatic heterocycles. The normalized spacial score (nSPS) is 19.6. The Morgan fingerprint density at radius 2 is 1.53 bits per heavy atom. The Balaban J connectivity index is 1.52. The largest absolute Gasteiger partial charge is 0.480 e. The van der Waals surface area contributed by atoms with Gasteiger partial charge in [-0.1, -0.05) is 42.5 Å². The number of rotatable bonds is 7. The molecule has 170 valence electrons. The predicted octanol–water partition coefficient (Wildman–Crippen LogP) is 4.68. The molecule has 1 atom stereocenters. The number of nitrogens with one attached hydrogen (secondary N) is 2. The highest BCUT2D eigenvalue weighted by molar-refractivity contribution is 5.95. The second-order valence-electron chi connectivity index (χ2n) is 9.21. The molecule has 2 aromatic carbocycles. The van der Waals surface area contributed by atoms with Crippen LogP contribution >= 0.6 is 0 Å². The summed E-state index contributed by atoms with van der Waals surface area (Å²) in [6.45, 7) is 4.89. The van der Waals surface area contributed by atoms with Crippen LogP contribution in [0, 0.1) is 5.92 Å². The number of carboxylic acids is 1. The van der Waals surface area contributed by atoms with Crippen LogP contribution in [0.1, 0.15) is 69.4 Å². The smallest absolute Gasteiger partial charge is 0.328 e. The van der Waals surface area contributed by atoms with Gasteiger partial charge in [-0.25, -0.2) is 4.79 Å². The number of carbonyl (C=O) groups excluding carboxylic acids is 2. The van der Waals surface area contributed by atoms with Crippen molar-refractivity contribution in [2.24, 2.45) is 5.92 Å². The number of carbonyl (C=O) groups is 3. The summed E-state index contributed by atoms with van der Waals surface area (Å²) in [7, 11) is 0. The van der Waals surface area contributed by atoms with Crippen molar-refractivity contribution in [2.45, 2.75) is 63.8 Å². The van der Waals surface area contributed by atoms with Crippen molar-refractivity contribution in [3.63, 3.8) is 0 Å². The van der Waals surface area contributed by atoms with Crippen LogP contribution in [0.25, 0.3) is 0 Å². The van der Waals surface area contributed by atoms with Crippen LogP contribution in [0.15, 0.2) is 54.6 Å². The molecular weight excluding hydrogens is 404 g/mol. The molecule has 0 saturated heterocycles. The van der Waals surface area contributed by atoms with Crippen LogP contribution in [0.2, 0.25) is 0 Å². The second kappa shape index (κ2) is 9.98. The van der Waals surface area contributed by atoms with Gasteiger partial charge in [0.2, 0.25) is 11.8 Å². The summed E-state index contributed by atoms with van der Waals surface area (Å²) >= 11 is 0. The Hall–Kier alpha value is -3.15. The van der Waals surface area contributed by atoms with Crippen molar-refractivity contribution >= 4 is 23.5 Å². The first-order valence-electron chi connectivity index (χ1n) is 11.2. The quantitative estimate of drug-likeness (QED) is 0.587.